The van der Waals surface area contributed by atoms with Gasteiger partial charge in [-0.1, -0.05) is 24.3 Å². The normalized spacial score (nSPS) is 10.3. The zero-order valence-corrected chi connectivity index (χ0v) is 16.3. The van der Waals surface area contributed by atoms with Gasteiger partial charge in [-0.2, -0.15) is 0 Å². The molecular formula is C22H22N4O3. The number of hydrogen-bond donors (Lipinski definition) is 2. The van der Waals surface area contributed by atoms with Gasteiger partial charge < -0.3 is 15.4 Å². The molecule has 1 amide bonds. The monoisotopic (exact) mass is 390 g/mol. The number of anilines is 2. The maximum absolute atomic E-state index is 12.5. The lowest BCUT2D eigenvalue weighted by Gasteiger charge is -2.09. The second kappa shape index (κ2) is 9.45. The third-order valence-corrected chi connectivity index (χ3v) is 4.27. The fourth-order valence-electron chi connectivity index (χ4n) is 2.67. The molecule has 7 heteroatoms. The molecular weight excluding hydrogens is 368 g/mol. The van der Waals surface area contributed by atoms with Crippen LogP contribution in [0.15, 0.2) is 60.9 Å². The molecule has 1 aromatic heterocycles. The van der Waals surface area contributed by atoms with E-state index in [9.17, 15) is 9.59 Å². The number of carbonyl (C=O) groups excluding carboxylic acids is 2. The quantitative estimate of drug-likeness (QED) is 0.596. The van der Waals surface area contributed by atoms with Crippen LogP contribution in [-0.4, -0.2) is 28.5 Å². The third kappa shape index (κ3) is 5.38. The highest BCUT2D eigenvalue weighted by atomic mass is 16.5. The zero-order valence-electron chi connectivity index (χ0n) is 16.3. The van der Waals surface area contributed by atoms with E-state index in [1.54, 1.807) is 37.3 Å². The Hall–Kier alpha value is -3.74. The molecule has 29 heavy (non-hydrogen) atoms. The highest BCUT2D eigenvalue weighted by Gasteiger charge is 2.11. The molecule has 3 rings (SSSR count). The Morgan fingerprint density at radius 2 is 1.79 bits per heavy atom. The van der Waals surface area contributed by atoms with Crippen molar-refractivity contribution in [3.05, 3.63) is 83.3 Å². The van der Waals surface area contributed by atoms with Gasteiger partial charge in [-0.3, -0.25) is 4.79 Å². The average Bonchev–Trinajstić information content (AvgIpc) is 2.74. The van der Waals surface area contributed by atoms with Gasteiger partial charge in [0.2, 0.25) is 0 Å². The Morgan fingerprint density at radius 3 is 2.52 bits per heavy atom. The number of carbonyl (C=O) groups is 2. The molecule has 1 heterocycles. The Labute approximate surface area is 169 Å². The van der Waals surface area contributed by atoms with Crippen LogP contribution in [0, 0.1) is 6.92 Å². The van der Waals surface area contributed by atoms with E-state index in [1.165, 1.54) is 11.9 Å². The maximum atomic E-state index is 12.5. The topological polar surface area (TPSA) is 93.2 Å². The molecule has 0 radical (unpaired) electrons. The van der Waals surface area contributed by atoms with Gasteiger partial charge in [-0.25, -0.2) is 14.8 Å². The van der Waals surface area contributed by atoms with E-state index >= 15 is 0 Å². The molecule has 0 saturated heterocycles. The van der Waals surface area contributed by atoms with Gasteiger partial charge >= 0.3 is 5.97 Å². The van der Waals surface area contributed by atoms with E-state index in [-0.39, 0.29) is 11.6 Å². The highest BCUT2D eigenvalue weighted by molar-refractivity contribution is 6.03. The van der Waals surface area contributed by atoms with Crippen LogP contribution in [0.1, 0.15) is 38.9 Å². The van der Waals surface area contributed by atoms with Crippen LogP contribution in [0.2, 0.25) is 0 Å². The van der Waals surface area contributed by atoms with E-state index in [4.69, 9.17) is 4.74 Å². The maximum Gasteiger partial charge on any atom is 0.338 e. The van der Waals surface area contributed by atoms with Gasteiger partial charge in [0.1, 0.15) is 17.8 Å². The summed E-state index contributed by atoms with van der Waals surface area (Å²) in [6, 6.07) is 16.1. The molecule has 0 bridgehead atoms. The molecule has 0 aliphatic rings. The molecule has 0 saturated carbocycles. The number of amides is 1. The minimum Gasteiger partial charge on any atom is -0.462 e. The van der Waals surface area contributed by atoms with Crippen LogP contribution >= 0.6 is 0 Å². The third-order valence-electron chi connectivity index (χ3n) is 4.27. The highest BCUT2D eigenvalue weighted by Crippen LogP contribution is 2.14. The van der Waals surface area contributed by atoms with E-state index < -0.39 is 5.97 Å². The first-order chi connectivity index (χ1) is 14.1. The number of benzene rings is 2. The van der Waals surface area contributed by atoms with Crippen molar-refractivity contribution < 1.29 is 14.3 Å². The summed E-state index contributed by atoms with van der Waals surface area (Å²) in [5, 5.41) is 5.97. The molecule has 2 aromatic carbocycles. The fraction of sp³-hybridized carbons (Fsp3) is 0.182. The summed E-state index contributed by atoms with van der Waals surface area (Å²) in [6.45, 7) is 4.70. The van der Waals surface area contributed by atoms with Crippen LogP contribution in [0.25, 0.3) is 0 Å². The van der Waals surface area contributed by atoms with E-state index in [1.807, 2.05) is 31.2 Å². The van der Waals surface area contributed by atoms with Gasteiger partial charge in [0.05, 0.1) is 12.2 Å². The number of aromatic nitrogens is 2. The van der Waals surface area contributed by atoms with Crippen LogP contribution in [-0.2, 0) is 11.3 Å². The Kier molecular flexibility index (Phi) is 6.52. The lowest BCUT2D eigenvalue weighted by atomic mass is 10.1. The molecule has 3 aromatic rings. The molecule has 0 spiro atoms. The SMILES string of the molecule is CCOC(=O)c1ccc(NC(=O)c2cc(NCc3ccccc3C)ncn2)cc1. The number of nitrogens with zero attached hydrogens (tertiary/aromatic N) is 2. The first-order valence-corrected chi connectivity index (χ1v) is 9.25. The van der Waals surface area contributed by atoms with E-state index in [2.05, 4.69) is 20.6 Å². The molecule has 7 nitrogen and oxygen atoms in total. The zero-order chi connectivity index (χ0) is 20.6. The van der Waals surface area contributed by atoms with Crippen molar-refractivity contribution in [3.63, 3.8) is 0 Å². The van der Waals surface area contributed by atoms with Gasteiger partial charge in [-0.15, -0.1) is 0 Å². The molecule has 0 atom stereocenters. The Balaban J connectivity index is 1.63. The molecule has 0 aliphatic carbocycles. The lowest BCUT2D eigenvalue weighted by Crippen LogP contribution is -2.15. The minimum absolute atomic E-state index is 0.238. The Morgan fingerprint density at radius 1 is 1.03 bits per heavy atom. The summed E-state index contributed by atoms with van der Waals surface area (Å²) in [7, 11) is 0. The summed E-state index contributed by atoms with van der Waals surface area (Å²) in [5.74, 6) is -0.202. The summed E-state index contributed by atoms with van der Waals surface area (Å²) < 4.78 is 4.94. The molecule has 0 aliphatic heterocycles. The number of rotatable bonds is 7. The van der Waals surface area contributed by atoms with Crippen LogP contribution in [0.5, 0.6) is 0 Å². The second-order valence-electron chi connectivity index (χ2n) is 6.32. The number of hydrogen-bond acceptors (Lipinski definition) is 6. The van der Waals surface area contributed by atoms with Crippen LogP contribution in [0.3, 0.4) is 0 Å². The fourth-order valence-corrected chi connectivity index (χ4v) is 2.67. The first-order valence-electron chi connectivity index (χ1n) is 9.25. The number of nitrogens with one attached hydrogen (secondary N) is 2. The summed E-state index contributed by atoms with van der Waals surface area (Å²) in [5.41, 5.74) is 3.55. The van der Waals surface area contributed by atoms with E-state index in [0.29, 0.717) is 30.2 Å². The van der Waals surface area contributed by atoms with Crippen molar-refractivity contribution in [1.29, 1.82) is 0 Å². The molecule has 148 valence electrons. The molecule has 0 unspecified atom stereocenters. The summed E-state index contributed by atoms with van der Waals surface area (Å²) >= 11 is 0. The van der Waals surface area contributed by atoms with Crippen LogP contribution in [0.4, 0.5) is 11.5 Å². The predicted molar refractivity (Wildman–Crippen MR) is 111 cm³/mol. The van der Waals surface area contributed by atoms with Crippen molar-refractivity contribution in [2.24, 2.45) is 0 Å². The van der Waals surface area contributed by atoms with E-state index in [0.717, 1.165) is 5.56 Å². The van der Waals surface area contributed by atoms with Crippen molar-refractivity contribution >= 4 is 23.4 Å². The second-order valence-corrected chi connectivity index (χ2v) is 6.32. The predicted octanol–water partition coefficient (Wildman–Crippen LogP) is 3.83. The standard InChI is InChI=1S/C22H22N4O3/c1-3-29-22(28)16-8-10-18(11-9-16)26-21(27)19-12-20(25-14-24-19)23-13-17-7-5-4-6-15(17)2/h4-12,14H,3,13H2,1-2H3,(H,26,27)(H,23,24,25). The van der Waals surface area contributed by atoms with Crippen molar-refractivity contribution in [3.8, 4) is 0 Å². The Bertz CT molecular complexity index is 1000. The number of aryl methyl sites for hydroxylation is 1. The van der Waals surface area contributed by atoms with Gasteiger partial charge in [0.25, 0.3) is 5.91 Å². The largest absolute Gasteiger partial charge is 0.462 e. The minimum atomic E-state index is -0.398. The molecule has 0 fully saturated rings. The number of ether oxygens (including phenoxy) is 1. The van der Waals surface area contributed by atoms with Crippen molar-refractivity contribution in [1.82, 2.24) is 9.97 Å². The first kappa shape index (κ1) is 20.0. The van der Waals surface area contributed by atoms with Gasteiger partial charge in [-0.05, 0) is 49.2 Å². The van der Waals surface area contributed by atoms with Crippen molar-refractivity contribution in [2.45, 2.75) is 20.4 Å². The average molecular weight is 390 g/mol. The summed E-state index contributed by atoms with van der Waals surface area (Å²) in [4.78, 5) is 32.4. The smallest absolute Gasteiger partial charge is 0.338 e. The van der Waals surface area contributed by atoms with Gasteiger partial charge in [0, 0.05) is 18.3 Å². The van der Waals surface area contributed by atoms with Crippen molar-refractivity contribution in [2.75, 3.05) is 17.2 Å². The van der Waals surface area contributed by atoms with Crippen LogP contribution < -0.4 is 10.6 Å². The summed E-state index contributed by atoms with van der Waals surface area (Å²) in [6.07, 6.45) is 1.35. The lowest BCUT2D eigenvalue weighted by molar-refractivity contribution is 0.0526. The van der Waals surface area contributed by atoms with Gasteiger partial charge in [0.15, 0.2) is 0 Å². The number of esters is 1. The molecule has 2 N–H and O–H groups in total.